The van der Waals surface area contributed by atoms with Crippen LogP contribution in [0.4, 0.5) is 0 Å². The minimum absolute atomic E-state index is 0. The lowest BCUT2D eigenvalue weighted by atomic mass is 10.3. The van der Waals surface area contributed by atoms with E-state index in [0.29, 0.717) is 5.75 Å². The minimum atomic E-state index is -1.77. The van der Waals surface area contributed by atoms with Crippen LogP contribution < -0.4 is 16.2 Å². The van der Waals surface area contributed by atoms with Gasteiger partial charge in [-0.2, -0.15) is 0 Å². The van der Waals surface area contributed by atoms with Crippen molar-refractivity contribution in [1.29, 1.82) is 0 Å². The minimum Gasteiger partial charge on any atom is -0.488 e. The zero-order chi connectivity index (χ0) is 9.03. The smallest absolute Gasteiger partial charge is 0.202 e. The Hall–Kier alpha value is -0.520. The van der Waals surface area contributed by atoms with E-state index in [1.54, 1.807) is 12.1 Å². The Bertz CT molecular complexity index is 239. The van der Waals surface area contributed by atoms with Crippen LogP contribution in [0.5, 0.6) is 5.75 Å². The van der Waals surface area contributed by atoms with E-state index in [0.717, 1.165) is 0 Å². The Morgan fingerprint density at radius 2 is 1.64 bits per heavy atom. The summed E-state index contributed by atoms with van der Waals surface area (Å²) in [7, 11) is 0. The summed E-state index contributed by atoms with van der Waals surface area (Å²) in [5.41, 5.74) is 10.2. The molecule has 0 unspecified atom stereocenters. The van der Waals surface area contributed by atoms with Gasteiger partial charge in [0.25, 0.3) is 0 Å². The third kappa shape index (κ3) is 6.94. The van der Waals surface area contributed by atoms with E-state index in [9.17, 15) is 0 Å². The quantitative estimate of drug-likeness (QED) is 0.672. The molecule has 0 aliphatic heterocycles. The normalized spacial score (nSPS) is 9.64. The van der Waals surface area contributed by atoms with Crippen molar-refractivity contribution in [2.75, 3.05) is 6.61 Å². The summed E-state index contributed by atoms with van der Waals surface area (Å²) in [6.45, 7) is -0.128. The molecule has 0 bridgehead atoms. The van der Waals surface area contributed by atoms with Gasteiger partial charge in [-0.1, -0.05) is 18.2 Å². The highest BCUT2D eigenvalue weighted by molar-refractivity contribution is 5.85. The van der Waals surface area contributed by atoms with Crippen LogP contribution in [-0.2, 0) is 0 Å². The molecular weight excluding hydrogens is 227 g/mol. The second-order valence-electron chi connectivity index (χ2n) is 2.59. The zero-order valence-electron chi connectivity index (χ0n) is 7.42. The van der Waals surface area contributed by atoms with Crippen molar-refractivity contribution in [3.63, 3.8) is 0 Å². The van der Waals surface area contributed by atoms with Crippen molar-refractivity contribution in [3.8, 4) is 5.75 Å². The number of halogens is 2. The average Bonchev–Trinajstić information content (AvgIpc) is 2.02. The topological polar surface area (TPSA) is 81.5 Å². The summed E-state index contributed by atoms with van der Waals surface area (Å²) in [5.74, 6) is -1.14. The maximum absolute atomic E-state index is 8.91. The molecule has 5 N–H and O–H groups in total. The molecule has 0 saturated carbocycles. The molecule has 0 radical (unpaired) electrons. The Morgan fingerprint density at radius 3 is 2.07 bits per heavy atom. The molecular formula is C8H14Cl2N2O2. The van der Waals surface area contributed by atoms with E-state index in [1.165, 1.54) is 0 Å². The van der Waals surface area contributed by atoms with Crippen molar-refractivity contribution in [2.24, 2.45) is 11.5 Å². The summed E-state index contributed by atoms with van der Waals surface area (Å²) in [5, 5.41) is 8.91. The number of benzene rings is 1. The van der Waals surface area contributed by atoms with Gasteiger partial charge in [-0.05, 0) is 12.1 Å². The maximum atomic E-state index is 8.91. The first-order valence-corrected chi connectivity index (χ1v) is 3.56. The van der Waals surface area contributed by atoms with E-state index >= 15 is 0 Å². The van der Waals surface area contributed by atoms with Gasteiger partial charge >= 0.3 is 0 Å². The van der Waals surface area contributed by atoms with Crippen molar-refractivity contribution in [3.05, 3.63) is 30.3 Å². The molecule has 1 rings (SSSR count). The summed E-state index contributed by atoms with van der Waals surface area (Å²) >= 11 is 0. The fourth-order valence-electron chi connectivity index (χ4n) is 0.716. The molecule has 14 heavy (non-hydrogen) atoms. The van der Waals surface area contributed by atoms with E-state index in [1.807, 2.05) is 18.2 Å². The van der Waals surface area contributed by atoms with Gasteiger partial charge in [0, 0.05) is 0 Å². The second-order valence-corrected chi connectivity index (χ2v) is 2.59. The highest BCUT2D eigenvalue weighted by Gasteiger charge is 2.13. The number of rotatable bonds is 3. The van der Waals surface area contributed by atoms with Gasteiger partial charge in [-0.3, -0.25) is 11.5 Å². The first kappa shape index (κ1) is 15.9. The van der Waals surface area contributed by atoms with Crippen molar-refractivity contribution >= 4 is 24.8 Å². The van der Waals surface area contributed by atoms with Gasteiger partial charge in [-0.25, -0.2) is 0 Å². The molecule has 6 heteroatoms. The number of nitrogens with two attached hydrogens (primary N) is 2. The summed E-state index contributed by atoms with van der Waals surface area (Å²) in [6, 6.07) is 9.02. The van der Waals surface area contributed by atoms with E-state index in [4.69, 9.17) is 21.3 Å². The van der Waals surface area contributed by atoms with Crippen LogP contribution in [0.25, 0.3) is 0 Å². The largest absolute Gasteiger partial charge is 0.488 e. The fraction of sp³-hybridized carbons (Fsp3) is 0.250. The summed E-state index contributed by atoms with van der Waals surface area (Å²) in [6.07, 6.45) is 0. The molecule has 0 atom stereocenters. The number of aliphatic hydroxyl groups is 1. The molecule has 0 aromatic heterocycles. The Labute approximate surface area is 95.1 Å². The van der Waals surface area contributed by atoms with Crippen LogP contribution in [0.15, 0.2) is 30.3 Å². The predicted octanol–water partition coefficient (Wildman–Crippen LogP) is 0.472. The molecule has 0 aliphatic rings. The Balaban J connectivity index is 0. The molecule has 82 valence electrons. The number of ether oxygens (including phenoxy) is 1. The van der Waals surface area contributed by atoms with Gasteiger partial charge in [0.2, 0.25) is 5.85 Å². The first-order chi connectivity index (χ1) is 5.58. The number of hydrogen-bond acceptors (Lipinski definition) is 4. The molecule has 0 spiro atoms. The van der Waals surface area contributed by atoms with Crippen molar-refractivity contribution < 1.29 is 9.84 Å². The lowest BCUT2D eigenvalue weighted by molar-refractivity contribution is 0.00619. The lowest BCUT2D eigenvalue weighted by Gasteiger charge is -2.17. The predicted molar refractivity (Wildman–Crippen MR) is 59.8 cm³/mol. The van der Waals surface area contributed by atoms with Gasteiger partial charge in [0.05, 0.1) is 0 Å². The van der Waals surface area contributed by atoms with Gasteiger partial charge in [0.1, 0.15) is 12.4 Å². The van der Waals surface area contributed by atoms with Crippen molar-refractivity contribution in [2.45, 2.75) is 5.85 Å². The van der Waals surface area contributed by atoms with Gasteiger partial charge < -0.3 is 9.84 Å². The van der Waals surface area contributed by atoms with E-state index < -0.39 is 5.85 Å². The molecule has 0 fully saturated rings. The second kappa shape index (κ2) is 6.86. The molecule has 0 saturated heterocycles. The number of para-hydroxylation sites is 1. The molecule has 1 aromatic rings. The third-order valence-electron chi connectivity index (χ3n) is 1.21. The Kier molecular flexibility index (Phi) is 7.81. The highest BCUT2D eigenvalue weighted by atomic mass is 35.5. The lowest BCUT2D eigenvalue weighted by Crippen LogP contribution is -2.54. The van der Waals surface area contributed by atoms with Crippen molar-refractivity contribution in [1.82, 2.24) is 0 Å². The monoisotopic (exact) mass is 240 g/mol. The van der Waals surface area contributed by atoms with Crippen LogP contribution in [0.2, 0.25) is 0 Å². The maximum Gasteiger partial charge on any atom is 0.202 e. The van der Waals surface area contributed by atoms with Crippen LogP contribution in [0.3, 0.4) is 0 Å². The summed E-state index contributed by atoms with van der Waals surface area (Å²) < 4.78 is 5.07. The van der Waals surface area contributed by atoms with Crippen LogP contribution in [0.1, 0.15) is 0 Å². The molecule has 0 amide bonds. The van der Waals surface area contributed by atoms with Crippen LogP contribution >= 0.6 is 24.8 Å². The number of hydrogen-bond donors (Lipinski definition) is 3. The standard InChI is InChI=1S/C8H12N2O2.2ClH/c9-8(10,11)6-12-7-4-2-1-3-5-7;;/h1-5,11H,6,9-10H2;2*1H. The molecule has 1 aromatic carbocycles. The molecule has 0 heterocycles. The third-order valence-corrected chi connectivity index (χ3v) is 1.21. The SMILES string of the molecule is Cl.Cl.NC(N)(O)COc1ccccc1. The zero-order valence-corrected chi connectivity index (χ0v) is 9.05. The van der Waals surface area contributed by atoms with E-state index in [-0.39, 0.29) is 31.4 Å². The average molecular weight is 241 g/mol. The fourth-order valence-corrected chi connectivity index (χ4v) is 0.716. The van der Waals surface area contributed by atoms with Crippen LogP contribution in [-0.4, -0.2) is 17.6 Å². The molecule has 4 nitrogen and oxygen atoms in total. The molecule has 0 aliphatic carbocycles. The van der Waals surface area contributed by atoms with Gasteiger partial charge in [0.15, 0.2) is 0 Å². The Morgan fingerprint density at radius 1 is 1.14 bits per heavy atom. The summed E-state index contributed by atoms with van der Waals surface area (Å²) in [4.78, 5) is 0. The van der Waals surface area contributed by atoms with Crippen LogP contribution in [0, 0.1) is 0 Å². The van der Waals surface area contributed by atoms with E-state index in [2.05, 4.69) is 0 Å². The first-order valence-electron chi connectivity index (χ1n) is 3.56. The highest BCUT2D eigenvalue weighted by Crippen LogP contribution is 2.08. The van der Waals surface area contributed by atoms with Gasteiger partial charge in [-0.15, -0.1) is 24.8 Å².